The summed E-state index contributed by atoms with van der Waals surface area (Å²) in [7, 11) is -3.73. The van der Waals surface area contributed by atoms with Crippen molar-refractivity contribution in [3.8, 4) is 0 Å². The van der Waals surface area contributed by atoms with Gasteiger partial charge in [-0.25, -0.2) is 8.42 Å². The molecule has 2 aromatic carbocycles. The van der Waals surface area contributed by atoms with Crippen LogP contribution >= 0.6 is 11.6 Å². The fraction of sp³-hybridized carbons (Fsp3) is 0.111. The zero-order valence-electron chi connectivity index (χ0n) is 13.7. The fourth-order valence-corrected chi connectivity index (χ4v) is 3.68. The number of rotatable bonds is 6. The number of nitrogens with zero attached hydrogens (tertiary/aromatic N) is 2. The second-order valence-electron chi connectivity index (χ2n) is 5.67. The Labute approximate surface area is 156 Å². The molecule has 0 radical (unpaired) electrons. The SMILES string of the molecule is O=C(CS(=O)(=O)c1ccc(Cl)cc1)Nc1cccc(Cn2cccn2)c1. The summed E-state index contributed by atoms with van der Waals surface area (Å²) in [5.41, 5.74) is 1.47. The molecule has 3 aromatic rings. The van der Waals surface area contributed by atoms with Crippen molar-refractivity contribution in [2.75, 3.05) is 11.1 Å². The average molecular weight is 390 g/mol. The minimum absolute atomic E-state index is 0.0597. The quantitative estimate of drug-likeness (QED) is 0.702. The Morgan fingerprint density at radius 3 is 2.58 bits per heavy atom. The fourth-order valence-electron chi connectivity index (χ4n) is 2.42. The molecule has 0 bridgehead atoms. The number of aromatic nitrogens is 2. The predicted octanol–water partition coefficient (Wildman–Crippen LogP) is 3.00. The van der Waals surface area contributed by atoms with Crippen LogP contribution in [0.25, 0.3) is 0 Å². The van der Waals surface area contributed by atoms with Crippen molar-refractivity contribution >= 4 is 33.0 Å². The summed E-state index contributed by atoms with van der Waals surface area (Å²) in [4.78, 5) is 12.2. The van der Waals surface area contributed by atoms with E-state index in [4.69, 9.17) is 11.6 Å². The molecule has 0 aliphatic heterocycles. The van der Waals surface area contributed by atoms with Gasteiger partial charge in [-0.15, -0.1) is 0 Å². The Kier molecular flexibility index (Phi) is 5.39. The monoisotopic (exact) mass is 389 g/mol. The molecule has 1 N–H and O–H groups in total. The molecule has 0 saturated carbocycles. The molecule has 8 heteroatoms. The zero-order chi connectivity index (χ0) is 18.6. The van der Waals surface area contributed by atoms with Gasteiger partial charge in [-0.2, -0.15) is 5.10 Å². The first kappa shape index (κ1) is 18.2. The van der Waals surface area contributed by atoms with E-state index in [1.165, 1.54) is 24.3 Å². The van der Waals surface area contributed by atoms with E-state index in [-0.39, 0.29) is 4.90 Å². The van der Waals surface area contributed by atoms with Gasteiger partial charge >= 0.3 is 0 Å². The van der Waals surface area contributed by atoms with E-state index in [2.05, 4.69) is 10.4 Å². The third-order valence-electron chi connectivity index (χ3n) is 3.61. The van der Waals surface area contributed by atoms with E-state index in [0.29, 0.717) is 17.3 Å². The molecule has 26 heavy (non-hydrogen) atoms. The lowest BCUT2D eigenvalue weighted by Crippen LogP contribution is -2.23. The number of anilines is 1. The summed E-state index contributed by atoms with van der Waals surface area (Å²) >= 11 is 5.76. The first-order valence-corrected chi connectivity index (χ1v) is 9.80. The lowest BCUT2D eigenvalue weighted by molar-refractivity contribution is -0.113. The molecule has 134 valence electrons. The lowest BCUT2D eigenvalue weighted by atomic mass is 10.2. The Balaban J connectivity index is 1.67. The smallest absolute Gasteiger partial charge is 0.239 e. The molecular formula is C18H16ClN3O3S. The Morgan fingerprint density at radius 2 is 1.88 bits per heavy atom. The van der Waals surface area contributed by atoms with Crippen LogP contribution in [0, 0.1) is 0 Å². The number of halogens is 1. The number of benzene rings is 2. The average Bonchev–Trinajstić information content (AvgIpc) is 3.08. The van der Waals surface area contributed by atoms with E-state index >= 15 is 0 Å². The highest BCUT2D eigenvalue weighted by Gasteiger charge is 2.19. The maximum absolute atomic E-state index is 12.3. The van der Waals surface area contributed by atoms with Crippen LogP contribution in [0.15, 0.2) is 71.9 Å². The number of carbonyl (C=O) groups excluding carboxylic acids is 1. The van der Waals surface area contributed by atoms with Crippen molar-refractivity contribution in [2.45, 2.75) is 11.4 Å². The predicted molar refractivity (Wildman–Crippen MR) is 99.9 cm³/mol. The molecule has 0 fully saturated rings. The number of hydrogen-bond acceptors (Lipinski definition) is 4. The van der Waals surface area contributed by atoms with Gasteiger partial charge in [-0.1, -0.05) is 23.7 Å². The largest absolute Gasteiger partial charge is 0.325 e. The molecule has 0 atom stereocenters. The highest BCUT2D eigenvalue weighted by Crippen LogP contribution is 2.16. The van der Waals surface area contributed by atoms with E-state index in [9.17, 15) is 13.2 Å². The van der Waals surface area contributed by atoms with Crippen molar-refractivity contribution in [3.05, 3.63) is 77.6 Å². The highest BCUT2D eigenvalue weighted by molar-refractivity contribution is 7.92. The summed E-state index contributed by atoms with van der Waals surface area (Å²) in [6.07, 6.45) is 3.52. The number of nitrogens with one attached hydrogen (secondary N) is 1. The van der Waals surface area contributed by atoms with Crippen LogP contribution in [0.5, 0.6) is 0 Å². The zero-order valence-corrected chi connectivity index (χ0v) is 15.2. The molecule has 0 spiro atoms. The van der Waals surface area contributed by atoms with Crippen molar-refractivity contribution < 1.29 is 13.2 Å². The molecule has 0 saturated heterocycles. The van der Waals surface area contributed by atoms with E-state index in [1.54, 1.807) is 29.1 Å². The van der Waals surface area contributed by atoms with Gasteiger partial charge < -0.3 is 5.32 Å². The van der Waals surface area contributed by atoms with Crippen LogP contribution in [0.2, 0.25) is 5.02 Å². The van der Waals surface area contributed by atoms with Crippen LogP contribution in [0.3, 0.4) is 0 Å². The second-order valence-corrected chi connectivity index (χ2v) is 8.09. The molecule has 1 amide bonds. The Morgan fingerprint density at radius 1 is 1.12 bits per heavy atom. The van der Waals surface area contributed by atoms with Gasteiger partial charge in [-0.05, 0) is 48.0 Å². The number of carbonyl (C=O) groups is 1. The number of sulfone groups is 1. The van der Waals surface area contributed by atoms with Crippen molar-refractivity contribution in [3.63, 3.8) is 0 Å². The van der Waals surface area contributed by atoms with Crippen molar-refractivity contribution in [1.82, 2.24) is 9.78 Å². The lowest BCUT2D eigenvalue weighted by Gasteiger charge is -2.09. The van der Waals surface area contributed by atoms with Crippen molar-refractivity contribution in [2.24, 2.45) is 0 Å². The molecule has 0 aliphatic rings. The minimum atomic E-state index is -3.73. The maximum Gasteiger partial charge on any atom is 0.239 e. The summed E-state index contributed by atoms with van der Waals surface area (Å²) in [6, 6.07) is 14.7. The normalized spacial score (nSPS) is 11.3. The van der Waals surface area contributed by atoms with Gasteiger partial charge in [0, 0.05) is 23.1 Å². The summed E-state index contributed by atoms with van der Waals surface area (Å²) in [6.45, 7) is 0.555. The van der Waals surface area contributed by atoms with Crippen LogP contribution in [-0.4, -0.2) is 29.9 Å². The van der Waals surface area contributed by atoms with Gasteiger partial charge in [0.15, 0.2) is 9.84 Å². The van der Waals surface area contributed by atoms with Crippen LogP contribution < -0.4 is 5.32 Å². The van der Waals surface area contributed by atoms with Crippen molar-refractivity contribution in [1.29, 1.82) is 0 Å². The first-order chi connectivity index (χ1) is 12.4. The molecule has 1 heterocycles. The summed E-state index contributed by atoms with van der Waals surface area (Å²) in [5, 5.41) is 7.19. The topological polar surface area (TPSA) is 81.1 Å². The molecule has 6 nitrogen and oxygen atoms in total. The first-order valence-electron chi connectivity index (χ1n) is 7.77. The number of amides is 1. The molecule has 3 rings (SSSR count). The Bertz CT molecular complexity index is 1000. The molecule has 0 unspecified atom stereocenters. The highest BCUT2D eigenvalue weighted by atomic mass is 35.5. The summed E-state index contributed by atoms with van der Waals surface area (Å²) in [5.74, 6) is -1.24. The van der Waals surface area contributed by atoms with E-state index in [1.807, 2.05) is 18.3 Å². The van der Waals surface area contributed by atoms with Gasteiger partial charge in [0.1, 0.15) is 5.75 Å². The molecular weight excluding hydrogens is 374 g/mol. The molecule has 0 aliphatic carbocycles. The van der Waals surface area contributed by atoms with E-state index < -0.39 is 21.5 Å². The molecule has 1 aromatic heterocycles. The number of hydrogen-bond donors (Lipinski definition) is 1. The Hall–Kier alpha value is -2.64. The third-order valence-corrected chi connectivity index (χ3v) is 5.49. The third kappa shape index (κ3) is 4.71. The second kappa shape index (κ2) is 7.72. The van der Waals surface area contributed by atoms with Crippen LogP contribution in [0.4, 0.5) is 5.69 Å². The van der Waals surface area contributed by atoms with Gasteiger partial charge in [0.25, 0.3) is 0 Å². The van der Waals surface area contributed by atoms with Gasteiger partial charge in [0.05, 0.1) is 11.4 Å². The van der Waals surface area contributed by atoms with Gasteiger partial charge in [-0.3, -0.25) is 9.48 Å². The summed E-state index contributed by atoms with van der Waals surface area (Å²) < 4.78 is 26.4. The standard InChI is InChI=1S/C18H16ClN3O3S/c19-15-5-7-17(8-6-15)26(24,25)13-18(23)21-16-4-1-3-14(11-16)12-22-10-2-9-20-22/h1-11H,12-13H2,(H,21,23). The minimum Gasteiger partial charge on any atom is -0.325 e. The van der Waals surface area contributed by atoms with Crippen LogP contribution in [-0.2, 0) is 21.2 Å². The van der Waals surface area contributed by atoms with Gasteiger partial charge in [0.2, 0.25) is 5.91 Å². The maximum atomic E-state index is 12.3. The van der Waals surface area contributed by atoms with Crippen LogP contribution in [0.1, 0.15) is 5.56 Å². The van der Waals surface area contributed by atoms with E-state index in [0.717, 1.165) is 5.56 Å².